The lowest BCUT2D eigenvalue weighted by Gasteiger charge is -2.13. The van der Waals surface area contributed by atoms with Crippen molar-refractivity contribution in [1.29, 1.82) is 5.26 Å². The fraction of sp³-hybridized carbons (Fsp3) is 0.133. The third kappa shape index (κ3) is 4.43. The molecule has 0 aliphatic carbocycles. The van der Waals surface area contributed by atoms with E-state index in [0.29, 0.717) is 6.42 Å². The highest BCUT2D eigenvalue weighted by Gasteiger charge is 2.11. The maximum Gasteiger partial charge on any atom is 0.0641 e. The largest absolute Gasteiger partial charge is 0.323 e. The van der Waals surface area contributed by atoms with Gasteiger partial charge >= 0.3 is 0 Å². The lowest BCUT2D eigenvalue weighted by Crippen LogP contribution is -2.10. The van der Waals surface area contributed by atoms with Crippen LogP contribution >= 0.6 is 35.8 Å². The van der Waals surface area contributed by atoms with Gasteiger partial charge < -0.3 is 5.73 Å². The Bertz CT molecular complexity index is 594. The molecule has 0 saturated heterocycles. The summed E-state index contributed by atoms with van der Waals surface area (Å²) in [5, 5.41) is 9.48. The molecular weight excluding hydrogens is 311 g/mol. The number of hydrogen-bond acceptors (Lipinski definition) is 3. The number of benzene rings is 2. The Morgan fingerprint density at radius 2 is 1.80 bits per heavy atom. The van der Waals surface area contributed by atoms with Crippen molar-refractivity contribution in [2.75, 3.05) is 0 Å². The van der Waals surface area contributed by atoms with Crippen molar-refractivity contribution >= 4 is 35.8 Å². The molecule has 2 aromatic carbocycles. The standard InChI is InChI=1S/C15H13ClN2S.ClH/c16-11-5-7-12(8-6-11)19-15-4-2-1-3-13(15)14(18)9-10-17;/h1-8,14H,9,18H2;1H/t14-;/m1./s1. The predicted octanol–water partition coefficient (Wildman–Crippen LogP) is 4.83. The Balaban J connectivity index is 0.00000200. The molecule has 0 aromatic heterocycles. The quantitative estimate of drug-likeness (QED) is 0.876. The van der Waals surface area contributed by atoms with Crippen LogP contribution in [0.3, 0.4) is 0 Å². The van der Waals surface area contributed by atoms with Crippen LogP contribution in [0.4, 0.5) is 0 Å². The van der Waals surface area contributed by atoms with E-state index in [1.807, 2.05) is 48.5 Å². The molecule has 0 saturated carbocycles. The smallest absolute Gasteiger partial charge is 0.0641 e. The van der Waals surface area contributed by atoms with Crippen molar-refractivity contribution in [3.05, 3.63) is 59.1 Å². The molecule has 0 aliphatic rings. The van der Waals surface area contributed by atoms with Crippen LogP contribution in [0.1, 0.15) is 18.0 Å². The second-order valence-electron chi connectivity index (χ2n) is 4.06. The number of nitrogens with zero attached hydrogens (tertiary/aromatic N) is 1. The molecule has 0 spiro atoms. The second-order valence-corrected chi connectivity index (χ2v) is 5.61. The fourth-order valence-electron chi connectivity index (χ4n) is 1.72. The molecule has 0 heterocycles. The summed E-state index contributed by atoms with van der Waals surface area (Å²) >= 11 is 7.50. The van der Waals surface area contributed by atoms with Crippen LogP contribution in [0.5, 0.6) is 0 Å². The van der Waals surface area contributed by atoms with Gasteiger partial charge in [0.1, 0.15) is 0 Å². The van der Waals surface area contributed by atoms with Crippen LogP contribution in [-0.2, 0) is 0 Å². The van der Waals surface area contributed by atoms with E-state index in [1.54, 1.807) is 11.8 Å². The Morgan fingerprint density at radius 3 is 2.45 bits per heavy atom. The average molecular weight is 325 g/mol. The van der Waals surface area contributed by atoms with Crippen LogP contribution < -0.4 is 5.73 Å². The van der Waals surface area contributed by atoms with Gasteiger partial charge in [0.05, 0.1) is 12.5 Å². The predicted molar refractivity (Wildman–Crippen MR) is 86.4 cm³/mol. The summed E-state index contributed by atoms with van der Waals surface area (Å²) < 4.78 is 0. The molecule has 1 atom stereocenters. The van der Waals surface area contributed by atoms with Crippen LogP contribution in [0, 0.1) is 11.3 Å². The minimum atomic E-state index is -0.249. The summed E-state index contributed by atoms with van der Waals surface area (Å²) in [7, 11) is 0. The lowest BCUT2D eigenvalue weighted by molar-refractivity contribution is 0.732. The van der Waals surface area contributed by atoms with E-state index in [9.17, 15) is 0 Å². The molecule has 2 rings (SSSR count). The van der Waals surface area contributed by atoms with E-state index in [-0.39, 0.29) is 18.4 Å². The summed E-state index contributed by atoms with van der Waals surface area (Å²) in [5.74, 6) is 0. The molecule has 0 aliphatic heterocycles. The first kappa shape index (κ1) is 16.9. The molecule has 20 heavy (non-hydrogen) atoms. The highest BCUT2D eigenvalue weighted by molar-refractivity contribution is 7.99. The highest BCUT2D eigenvalue weighted by atomic mass is 35.5. The topological polar surface area (TPSA) is 49.8 Å². The van der Waals surface area contributed by atoms with Gasteiger partial charge in [-0.05, 0) is 35.9 Å². The van der Waals surface area contributed by atoms with Crippen LogP contribution in [0.2, 0.25) is 5.02 Å². The number of nitriles is 1. The van der Waals surface area contributed by atoms with Crippen molar-refractivity contribution in [2.45, 2.75) is 22.3 Å². The monoisotopic (exact) mass is 324 g/mol. The summed E-state index contributed by atoms with van der Waals surface area (Å²) in [6, 6.07) is 17.4. The summed E-state index contributed by atoms with van der Waals surface area (Å²) in [4.78, 5) is 2.17. The van der Waals surface area contributed by atoms with Gasteiger partial charge in [-0.1, -0.05) is 41.6 Å². The highest BCUT2D eigenvalue weighted by Crippen LogP contribution is 2.33. The van der Waals surface area contributed by atoms with Gasteiger partial charge in [-0.15, -0.1) is 12.4 Å². The summed E-state index contributed by atoms with van der Waals surface area (Å²) in [6.45, 7) is 0. The van der Waals surface area contributed by atoms with E-state index < -0.39 is 0 Å². The fourth-order valence-corrected chi connectivity index (χ4v) is 2.85. The SMILES string of the molecule is Cl.N#CC[C@@H](N)c1ccccc1Sc1ccc(Cl)cc1. The van der Waals surface area contributed by atoms with Crippen LogP contribution in [-0.4, -0.2) is 0 Å². The molecule has 0 fully saturated rings. The van der Waals surface area contributed by atoms with Gasteiger partial charge in [-0.25, -0.2) is 0 Å². The third-order valence-corrected chi connectivity index (χ3v) is 4.02. The van der Waals surface area contributed by atoms with Crippen molar-refractivity contribution in [3.63, 3.8) is 0 Å². The van der Waals surface area contributed by atoms with E-state index in [2.05, 4.69) is 6.07 Å². The molecule has 0 amide bonds. The molecule has 104 valence electrons. The van der Waals surface area contributed by atoms with E-state index >= 15 is 0 Å². The van der Waals surface area contributed by atoms with Crippen LogP contribution in [0.25, 0.3) is 0 Å². The average Bonchev–Trinajstić information content (AvgIpc) is 2.42. The van der Waals surface area contributed by atoms with Crippen molar-refractivity contribution in [2.24, 2.45) is 5.73 Å². The molecule has 0 unspecified atom stereocenters. The zero-order chi connectivity index (χ0) is 13.7. The third-order valence-electron chi connectivity index (χ3n) is 2.67. The van der Waals surface area contributed by atoms with Crippen molar-refractivity contribution in [1.82, 2.24) is 0 Å². The molecule has 2 aromatic rings. The first-order valence-electron chi connectivity index (χ1n) is 5.85. The van der Waals surface area contributed by atoms with E-state index in [1.165, 1.54) is 0 Å². The lowest BCUT2D eigenvalue weighted by atomic mass is 10.1. The first-order valence-corrected chi connectivity index (χ1v) is 7.05. The number of hydrogen-bond donors (Lipinski definition) is 1. The molecule has 2 N–H and O–H groups in total. The van der Waals surface area contributed by atoms with Gasteiger partial charge in [0.2, 0.25) is 0 Å². The minimum Gasteiger partial charge on any atom is -0.323 e. The summed E-state index contributed by atoms with van der Waals surface area (Å²) in [6.07, 6.45) is 0.318. The minimum absolute atomic E-state index is 0. The Morgan fingerprint density at radius 1 is 1.15 bits per heavy atom. The summed E-state index contributed by atoms with van der Waals surface area (Å²) in [5.41, 5.74) is 7.03. The van der Waals surface area contributed by atoms with Gasteiger partial charge in [-0.3, -0.25) is 0 Å². The maximum atomic E-state index is 8.76. The molecule has 2 nitrogen and oxygen atoms in total. The number of nitrogens with two attached hydrogens (primary N) is 1. The van der Waals surface area contributed by atoms with Crippen molar-refractivity contribution in [3.8, 4) is 6.07 Å². The molecule has 5 heteroatoms. The molecule has 0 bridgehead atoms. The van der Waals surface area contributed by atoms with Gasteiger partial charge in [0.25, 0.3) is 0 Å². The van der Waals surface area contributed by atoms with E-state index in [0.717, 1.165) is 20.4 Å². The normalized spacial score (nSPS) is 11.2. The molecule has 0 radical (unpaired) electrons. The Kier molecular flexibility index (Phi) is 6.90. The van der Waals surface area contributed by atoms with E-state index in [4.69, 9.17) is 22.6 Å². The number of rotatable bonds is 4. The Labute approximate surface area is 134 Å². The van der Waals surface area contributed by atoms with Gasteiger partial charge in [0, 0.05) is 20.9 Å². The van der Waals surface area contributed by atoms with Gasteiger partial charge in [-0.2, -0.15) is 5.26 Å². The van der Waals surface area contributed by atoms with Crippen molar-refractivity contribution < 1.29 is 0 Å². The second kappa shape index (κ2) is 8.18. The Hall–Kier alpha value is -1.18. The zero-order valence-corrected chi connectivity index (χ0v) is 13.0. The van der Waals surface area contributed by atoms with Gasteiger partial charge in [0.15, 0.2) is 0 Å². The zero-order valence-electron chi connectivity index (χ0n) is 10.6. The maximum absolute atomic E-state index is 8.76. The van der Waals surface area contributed by atoms with Crippen LogP contribution in [0.15, 0.2) is 58.3 Å². The number of halogens is 2. The molecular formula is C15H14Cl2N2S. The first-order chi connectivity index (χ1) is 9.20.